The van der Waals surface area contributed by atoms with Crippen LogP contribution in [-0.2, 0) is 6.42 Å². The van der Waals surface area contributed by atoms with Crippen LogP contribution in [0.5, 0.6) is 0 Å². The van der Waals surface area contributed by atoms with Crippen molar-refractivity contribution in [2.75, 3.05) is 24.5 Å². The van der Waals surface area contributed by atoms with Gasteiger partial charge < -0.3 is 10.6 Å². The molecule has 82 valence electrons. The number of hydrogen-bond donors (Lipinski definition) is 1. The van der Waals surface area contributed by atoms with Gasteiger partial charge in [-0.15, -0.1) is 0 Å². The summed E-state index contributed by atoms with van der Waals surface area (Å²) in [6.07, 6.45) is 2.30. The van der Waals surface area contributed by atoms with Crippen LogP contribution in [0.25, 0.3) is 0 Å². The zero-order valence-corrected chi connectivity index (χ0v) is 9.45. The molecule has 0 amide bonds. The van der Waals surface area contributed by atoms with Gasteiger partial charge in [-0.3, -0.25) is 0 Å². The van der Waals surface area contributed by atoms with Gasteiger partial charge in [0.15, 0.2) is 0 Å². The minimum Gasteiger partial charge on any atom is -0.371 e. The predicted octanol–water partition coefficient (Wildman–Crippen LogP) is 2.03. The number of fused-ring (bicyclic) bond motifs is 1. The lowest BCUT2D eigenvalue weighted by Gasteiger charge is -2.34. The summed E-state index contributed by atoms with van der Waals surface area (Å²) >= 11 is 0. The van der Waals surface area contributed by atoms with Gasteiger partial charge in [-0.1, -0.05) is 25.1 Å². The first-order chi connectivity index (χ1) is 7.31. The molecule has 1 unspecified atom stereocenters. The number of rotatable bonds is 3. The van der Waals surface area contributed by atoms with E-state index in [9.17, 15) is 0 Å². The van der Waals surface area contributed by atoms with Crippen LogP contribution in [0.2, 0.25) is 0 Å². The Morgan fingerprint density at radius 2 is 2.20 bits per heavy atom. The molecule has 0 bridgehead atoms. The third kappa shape index (κ3) is 2.32. The third-order valence-electron chi connectivity index (χ3n) is 3.06. The molecule has 2 N–H and O–H groups in total. The predicted molar refractivity (Wildman–Crippen MR) is 65.2 cm³/mol. The molecule has 1 aliphatic heterocycles. The first kappa shape index (κ1) is 10.5. The highest BCUT2D eigenvalue weighted by Crippen LogP contribution is 2.29. The van der Waals surface area contributed by atoms with Crippen LogP contribution in [0.1, 0.15) is 18.9 Å². The van der Waals surface area contributed by atoms with Crippen molar-refractivity contribution in [2.24, 2.45) is 11.7 Å². The molecule has 1 aliphatic rings. The van der Waals surface area contributed by atoms with E-state index >= 15 is 0 Å². The first-order valence-electron chi connectivity index (χ1n) is 5.84. The Morgan fingerprint density at radius 1 is 1.40 bits per heavy atom. The van der Waals surface area contributed by atoms with Gasteiger partial charge in [-0.2, -0.15) is 0 Å². The van der Waals surface area contributed by atoms with Crippen LogP contribution in [0, 0.1) is 5.92 Å². The molecule has 2 rings (SSSR count). The number of hydrogen-bond acceptors (Lipinski definition) is 2. The average Bonchev–Trinajstić information content (AvgIpc) is 2.25. The van der Waals surface area contributed by atoms with E-state index in [0.29, 0.717) is 0 Å². The second-order valence-electron chi connectivity index (χ2n) is 4.53. The lowest BCUT2D eigenvalue weighted by Crippen LogP contribution is -2.35. The van der Waals surface area contributed by atoms with Gasteiger partial charge >= 0.3 is 0 Å². The molecule has 0 saturated heterocycles. The van der Waals surface area contributed by atoms with E-state index in [0.717, 1.165) is 25.4 Å². The molecule has 1 atom stereocenters. The van der Waals surface area contributed by atoms with Gasteiger partial charge in [0.2, 0.25) is 0 Å². The molecular weight excluding hydrogens is 184 g/mol. The smallest absolute Gasteiger partial charge is 0.0398 e. The van der Waals surface area contributed by atoms with Crippen molar-refractivity contribution >= 4 is 5.69 Å². The van der Waals surface area contributed by atoms with Crippen LogP contribution >= 0.6 is 0 Å². The average molecular weight is 204 g/mol. The van der Waals surface area contributed by atoms with Gasteiger partial charge in [-0.05, 0) is 36.9 Å². The molecule has 0 spiro atoms. The number of anilines is 1. The lowest BCUT2D eigenvalue weighted by molar-refractivity contribution is 0.527. The third-order valence-corrected chi connectivity index (χ3v) is 3.06. The molecular formula is C13H20N2. The minimum absolute atomic E-state index is 0.762. The van der Waals surface area contributed by atoms with E-state index in [1.165, 1.54) is 24.2 Å². The highest BCUT2D eigenvalue weighted by Gasteiger charge is 2.20. The van der Waals surface area contributed by atoms with Crippen molar-refractivity contribution in [3.63, 3.8) is 0 Å². The molecule has 0 aliphatic carbocycles. The maximum Gasteiger partial charge on any atom is 0.0398 e. The summed E-state index contributed by atoms with van der Waals surface area (Å²) in [5.74, 6) is 0.762. The molecule has 0 aromatic heterocycles. The number of benzene rings is 1. The molecule has 1 aromatic rings. The molecule has 0 fully saturated rings. The molecule has 1 heterocycles. The molecule has 1 aromatic carbocycles. The Labute approximate surface area is 92.1 Å². The molecule has 2 heteroatoms. The van der Waals surface area contributed by atoms with E-state index in [-0.39, 0.29) is 0 Å². The van der Waals surface area contributed by atoms with Crippen molar-refractivity contribution in [2.45, 2.75) is 19.8 Å². The van der Waals surface area contributed by atoms with E-state index in [1.54, 1.807) is 0 Å². The summed E-state index contributed by atoms with van der Waals surface area (Å²) in [6, 6.07) is 8.75. The Hall–Kier alpha value is -1.02. The van der Waals surface area contributed by atoms with Gasteiger partial charge in [0.05, 0.1) is 0 Å². The second kappa shape index (κ2) is 4.67. The Morgan fingerprint density at radius 3 is 3.00 bits per heavy atom. The Balaban J connectivity index is 2.18. The first-order valence-corrected chi connectivity index (χ1v) is 5.84. The highest BCUT2D eigenvalue weighted by atomic mass is 15.1. The van der Waals surface area contributed by atoms with Crippen molar-refractivity contribution < 1.29 is 0 Å². The number of nitrogens with zero attached hydrogens (tertiary/aromatic N) is 1. The Bertz CT molecular complexity index is 322. The summed E-state index contributed by atoms with van der Waals surface area (Å²) in [5, 5.41) is 0. The van der Waals surface area contributed by atoms with Crippen LogP contribution in [-0.4, -0.2) is 19.6 Å². The van der Waals surface area contributed by atoms with Crippen LogP contribution in [0.3, 0.4) is 0 Å². The van der Waals surface area contributed by atoms with Crippen LogP contribution in [0.15, 0.2) is 24.3 Å². The fourth-order valence-corrected chi connectivity index (χ4v) is 2.40. The maximum absolute atomic E-state index is 5.57. The molecule has 0 saturated carbocycles. The summed E-state index contributed by atoms with van der Waals surface area (Å²) in [4.78, 5) is 2.48. The van der Waals surface area contributed by atoms with Crippen molar-refractivity contribution in [1.82, 2.24) is 0 Å². The molecule has 2 nitrogen and oxygen atoms in total. The normalized spacial score (nSPS) is 20.1. The van der Waals surface area contributed by atoms with Crippen LogP contribution < -0.4 is 10.6 Å². The van der Waals surface area contributed by atoms with E-state index < -0.39 is 0 Å². The van der Waals surface area contributed by atoms with E-state index in [2.05, 4.69) is 36.1 Å². The number of nitrogens with two attached hydrogens (primary N) is 1. The minimum atomic E-state index is 0.762. The van der Waals surface area contributed by atoms with Gasteiger partial charge in [0.25, 0.3) is 0 Å². The summed E-state index contributed by atoms with van der Waals surface area (Å²) in [7, 11) is 0. The fraction of sp³-hybridized carbons (Fsp3) is 0.538. The van der Waals surface area contributed by atoms with Gasteiger partial charge in [-0.25, -0.2) is 0 Å². The largest absolute Gasteiger partial charge is 0.371 e. The number of para-hydroxylation sites is 1. The second-order valence-corrected chi connectivity index (χ2v) is 4.53. The lowest BCUT2D eigenvalue weighted by atomic mass is 9.94. The van der Waals surface area contributed by atoms with E-state index in [4.69, 9.17) is 5.73 Å². The van der Waals surface area contributed by atoms with Gasteiger partial charge in [0, 0.05) is 18.8 Å². The van der Waals surface area contributed by atoms with Crippen LogP contribution in [0.4, 0.5) is 5.69 Å². The standard InChI is InChI=1S/C13H20N2/c1-11-9-12-5-2-3-6-13(12)15(10-11)8-4-7-14/h2-3,5-6,11H,4,7-10,14H2,1H3. The summed E-state index contributed by atoms with van der Waals surface area (Å²) in [6.45, 7) is 5.38. The van der Waals surface area contributed by atoms with Crippen molar-refractivity contribution in [3.05, 3.63) is 29.8 Å². The van der Waals surface area contributed by atoms with Crippen molar-refractivity contribution in [3.8, 4) is 0 Å². The fourth-order valence-electron chi connectivity index (χ4n) is 2.40. The monoisotopic (exact) mass is 204 g/mol. The van der Waals surface area contributed by atoms with Gasteiger partial charge in [0.1, 0.15) is 0 Å². The van der Waals surface area contributed by atoms with Crippen molar-refractivity contribution in [1.29, 1.82) is 0 Å². The Kier molecular flexibility index (Phi) is 3.27. The van der Waals surface area contributed by atoms with E-state index in [1.807, 2.05) is 0 Å². The molecule has 15 heavy (non-hydrogen) atoms. The summed E-state index contributed by atoms with van der Waals surface area (Å²) < 4.78 is 0. The highest BCUT2D eigenvalue weighted by molar-refractivity contribution is 5.55. The zero-order chi connectivity index (χ0) is 10.7. The summed E-state index contributed by atoms with van der Waals surface area (Å²) in [5.41, 5.74) is 8.49. The SMILES string of the molecule is CC1Cc2ccccc2N(CCCN)C1. The maximum atomic E-state index is 5.57. The quantitative estimate of drug-likeness (QED) is 0.816. The molecule has 0 radical (unpaired) electrons. The zero-order valence-electron chi connectivity index (χ0n) is 9.45. The topological polar surface area (TPSA) is 29.3 Å².